The van der Waals surface area contributed by atoms with E-state index in [0.717, 1.165) is 0 Å². The van der Waals surface area contributed by atoms with Crippen LogP contribution in [0.15, 0.2) is 11.9 Å². The van der Waals surface area contributed by atoms with Crippen molar-refractivity contribution in [2.75, 3.05) is 0 Å². The van der Waals surface area contributed by atoms with Gasteiger partial charge in [0.1, 0.15) is 0 Å². The molecule has 0 saturated heterocycles. The van der Waals surface area contributed by atoms with E-state index in [9.17, 15) is 13.2 Å². The fourth-order valence-corrected chi connectivity index (χ4v) is 0.323. The van der Waals surface area contributed by atoms with Gasteiger partial charge in [0.15, 0.2) is 5.83 Å². The summed E-state index contributed by atoms with van der Waals surface area (Å²) in [6, 6.07) is 0. The highest BCUT2D eigenvalue weighted by atomic mass is 79.9. The van der Waals surface area contributed by atoms with Gasteiger partial charge in [-0.1, -0.05) is 15.9 Å². The Balaban J connectivity index is 4.00. The second-order valence-electron chi connectivity index (χ2n) is 1.22. The molecule has 0 amide bonds. The molecule has 0 aliphatic carbocycles. The lowest BCUT2D eigenvalue weighted by Gasteiger charge is -1.93. The Morgan fingerprint density at radius 2 is 1.75 bits per heavy atom. The van der Waals surface area contributed by atoms with Crippen molar-refractivity contribution in [3.05, 3.63) is 11.9 Å². The molecule has 48 valence electrons. The molecule has 0 heterocycles. The van der Waals surface area contributed by atoms with Crippen molar-refractivity contribution in [1.29, 1.82) is 0 Å². The molecule has 0 aromatic rings. The molecule has 1 unspecified atom stereocenters. The molecule has 4 heteroatoms. The van der Waals surface area contributed by atoms with Crippen molar-refractivity contribution in [1.82, 2.24) is 0 Å². The third kappa shape index (κ3) is 2.35. The Hall–Kier alpha value is 0.01000. The molecule has 0 rings (SSSR count). The van der Waals surface area contributed by atoms with Gasteiger partial charge in [0.05, 0.1) is 4.83 Å². The van der Waals surface area contributed by atoms with E-state index in [1.807, 2.05) is 0 Å². The Morgan fingerprint density at radius 1 is 1.38 bits per heavy atom. The molecule has 0 aliphatic heterocycles. The number of halogens is 4. The molecule has 0 fully saturated rings. The molecule has 0 nitrogen and oxygen atoms in total. The Bertz CT molecular complexity index is 104. The van der Waals surface area contributed by atoms with Crippen molar-refractivity contribution in [2.45, 2.75) is 11.8 Å². The highest BCUT2D eigenvalue weighted by Gasteiger charge is 2.09. The van der Waals surface area contributed by atoms with E-state index >= 15 is 0 Å². The van der Waals surface area contributed by atoms with Gasteiger partial charge < -0.3 is 0 Å². The van der Waals surface area contributed by atoms with Crippen LogP contribution in [-0.2, 0) is 0 Å². The number of allylic oxidation sites excluding steroid dienone is 1. The van der Waals surface area contributed by atoms with Crippen LogP contribution in [0.2, 0.25) is 0 Å². The highest BCUT2D eigenvalue weighted by Crippen LogP contribution is 2.18. The third-order valence-electron chi connectivity index (χ3n) is 0.530. The monoisotopic (exact) mass is 188 g/mol. The van der Waals surface area contributed by atoms with Crippen LogP contribution in [0.5, 0.6) is 0 Å². The van der Waals surface area contributed by atoms with Crippen molar-refractivity contribution in [3.8, 4) is 0 Å². The average Bonchev–Trinajstić information content (AvgIpc) is 1.64. The van der Waals surface area contributed by atoms with Crippen LogP contribution in [0.1, 0.15) is 6.92 Å². The first kappa shape index (κ1) is 8.01. The van der Waals surface area contributed by atoms with Crippen LogP contribution in [0, 0.1) is 0 Å². The Kier molecular flexibility index (Phi) is 3.12. The molecular weight excluding hydrogens is 185 g/mol. The predicted octanol–water partition coefficient (Wildman–Crippen LogP) is 2.85. The summed E-state index contributed by atoms with van der Waals surface area (Å²) in [4.78, 5) is -0.882. The standard InChI is InChI=1S/C4H4BrF3/c1-2(5)3(6)4(7)8/h2H,1H3. The topological polar surface area (TPSA) is 0 Å². The van der Waals surface area contributed by atoms with E-state index in [0.29, 0.717) is 0 Å². The summed E-state index contributed by atoms with van der Waals surface area (Å²) in [5.41, 5.74) is 0. The lowest BCUT2D eigenvalue weighted by atomic mass is 10.4. The van der Waals surface area contributed by atoms with Gasteiger partial charge in [0.25, 0.3) is 0 Å². The number of alkyl halides is 1. The van der Waals surface area contributed by atoms with E-state index in [1.54, 1.807) is 0 Å². The molecule has 0 aromatic carbocycles. The molecule has 0 radical (unpaired) electrons. The number of hydrogen-bond acceptors (Lipinski definition) is 0. The van der Waals surface area contributed by atoms with Crippen LogP contribution in [0.25, 0.3) is 0 Å². The summed E-state index contributed by atoms with van der Waals surface area (Å²) in [6.07, 6.45) is -2.26. The Labute approximate surface area is 53.5 Å². The molecule has 0 aliphatic rings. The summed E-state index contributed by atoms with van der Waals surface area (Å²) in [7, 11) is 0. The van der Waals surface area contributed by atoms with E-state index in [-0.39, 0.29) is 0 Å². The Morgan fingerprint density at radius 3 is 1.75 bits per heavy atom. The normalized spacial score (nSPS) is 13.1. The van der Waals surface area contributed by atoms with Crippen LogP contribution in [0.3, 0.4) is 0 Å². The minimum absolute atomic E-state index is 0.882. The van der Waals surface area contributed by atoms with Crippen LogP contribution >= 0.6 is 15.9 Å². The first-order valence-corrected chi connectivity index (χ1v) is 2.82. The minimum atomic E-state index is -2.26. The molecular formula is C4H4BrF3. The highest BCUT2D eigenvalue weighted by molar-refractivity contribution is 9.09. The lowest BCUT2D eigenvalue weighted by Crippen LogP contribution is -1.89. The van der Waals surface area contributed by atoms with Gasteiger partial charge in [-0.25, -0.2) is 4.39 Å². The summed E-state index contributed by atoms with van der Waals surface area (Å²) >= 11 is 2.63. The van der Waals surface area contributed by atoms with Gasteiger partial charge in [-0.15, -0.1) is 0 Å². The SMILES string of the molecule is CC(Br)C(F)=C(F)F. The molecule has 0 bridgehead atoms. The van der Waals surface area contributed by atoms with Crippen LogP contribution in [-0.4, -0.2) is 4.83 Å². The van der Waals surface area contributed by atoms with Crippen molar-refractivity contribution in [3.63, 3.8) is 0 Å². The van der Waals surface area contributed by atoms with Crippen LogP contribution < -0.4 is 0 Å². The summed E-state index contributed by atoms with van der Waals surface area (Å²) in [5.74, 6) is -1.40. The van der Waals surface area contributed by atoms with Gasteiger partial charge in [-0.2, -0.15) is 8.78 Å². The average molecular weight is 189 g/mol. The molecule has 1 atom stereocenters. The smallest absolute Gasteiger partial charge is 0.205 e. The maximum atomic E-state index is 11.7. The van der Waals surface area contributed by atoms with Crippen molar-refractivity contribution >= 4 is 15.9 Å². The summed E-state index contributed by atoms with van der Waals surface area (Å²) in [5, 5.41) is 0. The van der Waals surface area contributed by atoms with Gasteiger partial charge >= 0.3 is 6.08 Å². The fourth-order valence-electron chi connectivity index (χ4n) is 0.150. The zero-order valence-electron chi connectivity index (χ0n) is 4.09. The first-order valence-electron chi connectivity index (χ1n) is 1.90. The molecule has 0 N–H and O–H groups in total. The fraction of sp³-hybridized carbons (Fsp3) is 0.500. The predicted molar refractivity (Wildman–Crippen MR) is 28.7 cm³/mol. The second kappa shape index (κ2) is 3.12. The van der Waals surface area contributed by atoms with E-state index in [4.69, 9.17) is 0 Å². The zero-order valence-corrected chi connectivity index (χ0v) is 5.68. The number of rotatable bonds is 1. The largest absolute Gasteiger partial charge is 0.302 e. The zero-order chi connectivity index (χ0) is 6.73. The molecule has 0 aromatic heterocycles. The summed E-state index contributed by atoms with van der Waals surface area (Å²) < 4.78 is 34.0. The second-order valence-corrected chi connectivity index (χ2v) is 2.60. The minimum Gasteiger partial charge on any atom is -0.205 e. The van der Waals surface area contributed by atoms with E-state index in [2.05, 4.69) is 15.9 Å². The van der Waals surface area contributed by atoms with E-state index < -0.39 is 16.7 Å². The van der Waals surface area contributed by atoms with Gasteiger partial charge in [-0.3, -0.25) is 0 Å². The van der Waals surface area contributed by atoms with Crippen molar-refractivity contribution in [2.24, 2.45) is 0 Å². The van der Waals surface area contributed by atoms with Gasteiger partial charge in [0, 0.05) is 0 Å². The lowest BCUT2D eigenvalue weighted by molar-refractivity contribution is 0.375. The first-order chi connectivity index (χ1) is 3.55. The van der Waals surface area contributed by atoms with Crippen molar-refractivity contribution < 1.29 is 13.2 Å². The quantitative estimate of drug-likeness (QED) is 0.556. The van der Waals surface area contributed by atoms with E-state index in [1.165, 1.54) is 6.92 Å². The summed E-state index contributed by atoms with van der Waals surface area (Å²) in [6.45, 7) is 1.29. The third-order valence-corrected chi connectivity index (χ3v) is 0.932. The maximum absolute atomic E-state index is 11.7. The van der Waals surface area contributed by atoms with Gasteiger partial charge in [0.2, 0.25) is 0 Å². The molecule has 0 spiro atoms. The number of hydrogen-bond donors (Lipinski definition) is 0. The van der Waals surface area contributed by atoms with Gasteiger partial charge in [-0.05, 0) is 6.92 Å². The molecule has 8 heavy (non-hydrogen) atoms. The maximum Gasteiger partial charge on any atom is 0.302 e. The molecule has 0 saturated carbocycles. The van der Waals surface area contributed by atoms with Crippen LogP contribution in [0.4, 0.5) is 13.2 Å².